The molecule has 1 aliphatic heterocycles. The van der Waals surface area contributed by atoms with E-state index in [1.54, 1.807) is 0 Å². The van der Waals surface area contributed by atoms with Crippen molar-refractivity contribution >= 4 is 11.7 Å². The molecule has 0 spiro atoms. The molecule has 1 heterocycles. The van der Waals surface area contributed by atoms with Crippen molar-refractivity contribution in [2.24, 2.45) is 5.92 Å². The van der Waals surface area contributed by atoms with Crippen molar-refractivity contribution in [3.63, 3.8) is 0 Å². The maximum Gasteiger partial charge on any atom is 0.321 e. The van der Waals surface area contributed by atoms with Gasteiger partial charge in [0.2, 0.25) is 0 Å². The zero-order valence-corrected chi connectivity index (χ0v) is 12.1. The Kier molecular flexibility index (Phi) is 5.41. The first-order chi connectivity index (χ1) is 9.74. The third kappa shape index (κ3) is 3.73. The molecule has 2 rings (SSSR count). The zero-order chi connectivity index (χ0) is 14.4. The number of anilines is 1. The zero-order valence-electron chi connectivity index (χ0n) is 12.1. The van der Waals surface area contributed by atoms with Gasteiger partial charge in [0, 0.05) is 25.4 Å². The molecule has 4 nitrogen and oxygen atoms in total. The average molecular weight is 276 g/mol. The highest BCUT2D eigenvalue weighted by Gasteiger charge is 2.23. The summed E-state index contributed by atoms with van der Waals surface area (Å²) in [6.07, 6.45) is 4.00. The van der Waals surface area contributed by atoms with Crippen LogP contribution in [0.2, 0.25) is 0 Å². The topological polar surface area (TPSA) is 52.6 Å². The average Bonchev–Trinajstić information content (AvgIpc) is 2.49. The summed E-state index contributed by atoms with van der Waals surface area (Å²) < 4.78 is 0. The van der Waals surface area contributed by atoms with Gasteiger partial charge in [0.1, 0.15) is 0 Å². The van der Waals surface area contributed by atoms with Gasteiger partial charge in [-0.25, -0.2) is 4.79 Å². The smallest absolute Gasteiger partial charge is 0.321 e. The molecule has 4 heteroatoms. The Labute approximate surface area is 120 Å². The van der Waals surface area contributed by atoms with E-state index in [-0.39, 0.29) is 18.6 Å². The Bertz CT molecular complexity index is 448. The summed E-state index contributed by atoms with van der Waals surface area (Å²) in [5.74, 6) is 0.223. The van der Waals surface area contributed by atoms with Crippen molar-refractivity contribution in [3.05, 3.63) is 29.8 Å². The molecule has 1 aromatic carbocycles. The predicted octanol–water partition coefficient (Wildman–Crippen LogP) is 2.88. The number of para-hydroxylation sites is 1. The number of benzene rings is 1. The van der Waals surface area contributed by atoms with Gasteiger partial charge in [-0.05, 0) is 36.8 Å². The van der Waals surface area contributed by atoms with Crippen LogP contribution in [0.4, 0.5) is 10.5 Å². The lowest BCUT2D eigenvalue weighted by Crippen LogP contribution is -2.43. The van der Waals surface area contributed by atoms with Gasteiger partial charge in [-0.3, -0.25) is 0 Å². The van der Waals surface area contributed by atoms with Crippen molar-refractivity contribution in [2.45, 2.75) is 32.6 Å². The van der Waals surface area contributed by atoms with Gasteiger partial charge >= 0.3 is 6.03 Å². The summed E-state index contributed by atoms with van der Waals surface area (Å²) in [6, 6.07) is 7.92. The molecule has 0 aliphatic carbocycles. The number of aliphatic hydroxyl groups is 1. The number of hydrogen-bond donors (Lipinski definition) is 2. The van der Waals surface area contributed by atoms with Crippen LogP contribution in [0.15, 0.2) is 24.3 Å². The molecular weight excluding hydrogens is 252 g/mol. The lowest BCUT2D eigenvalue weighted by molar-refractivity contribution is 0.136. The number of rotatable bonds is 4. The Hall–Kier alpha value is -1.55. The number of likely N-dealkylation sites (tertiary alicyclic amines) is 1. The maximum atomic E-state index is 12.3. The second-order valence-electron chi connectivity index (χ2n) is 5.47. The molecule has 1 aromatic rings. The highest BCUT2D eigenvalue weighted by molar-refractivity contribution is 5.90. The fourth-order valence-corrected chi connectivity index (χ4v) is 2.72. The van der Waals surface area contributed by atoms with Crippen LogP contribution in [0.25, 0.3) is 0 Å². The van der Waals surface area contributed by atoms with E-state index < -0.39 is 0 Å². The third-order valence-corrected chi connectivity index (χ3v) is 3.84. The monoisotopic (exact) mass is 276 g/mol. The minimum Gasteiger partial charge on any atom is -0.396 e. The van der Waals surface area contributed by atoms with Gasteiger partial charge in [-0.2, -0.15) is 0 Å². The van der Waals surface area contributed by atoms with E-state index in [2.05, 4.69) is 18.3 Å². The second-order valence-corrected chi connectivity index (χ2v) is 5.47. The normalized spacial score (nSPS) is 18.9. The van der Waals surface area contributed by atoms with Crippen LogP contribution in [0.1, 0.15) is 31.7 Å². The van der Waals surface area contributed by atoms with E-state index in [0.29, 0.717) is 6.54 Å². The van der Waals surface area contributed by atoms with Crippen molar-refractivity contribution in [2.75, 3.05) is 25.0 Å². The van der Waals surface area contributed by atoms with Gasteiger partial charge in [0.05, 0.1) is 0 Å². The summed E-state index contributed by atoms with van der Waals surface area (Å²) in [5, 5.41) is 12.3. The van der Waals surface area contributed by atoms with Gasteiger partial charge in [0.15, 0.2) is 0 Å². The van der Waals surface area contributed by atoms with E-state index in [0.717, 1.165) is 37.9 Å². The van der Waals surface area contributed by atoms with Gasteiger partial charge < -0.3 is 15.3 Å². The lowest BCUT2D eigenvalue weighted by Gasteiger charge is -2.32. The Morgan fingerprint density at radius 2 is 2.25 bits per heavy atom. The largest absolute Gasteiger partial charge is 0.396 e. The van der Waals surface area contributed by atoms with Crippen LogP contribution in [0.3, 0.4) is 0 Å². The number of amides is 2. The SMILES string of the molecule is CCCc1ccccc1NC(=O)N1CCC[C@H](CO)C1. The van der Waals surface area contributed by atoms with E-state index in [1.807, 2.05) is 23.1 Å². The minimum atomic E-state index is -0.0493. The van der Waals surface area contributed by atoms with Crippen LogP contribution >= 0.6 is 0 Å². The summed E-state index contributed by atoms with van der Waals surface area (Å²) in [5.41, 5.74) is 2.09. The predicted molar refractivity (Wildman–Crippen MR) is 80.8 cm³/mol. The van der Waals surface area contributed by atoms with Crippen molar-refractivity contribution in [3.8, 4) is 0 Å². The molecule has 0 bridgehead atoms. The quantitative estimate of drug-likeness (QED) is 0.888. The van der Waals surface area contributed by atoms with Crippen molar-refractivity contribution < 1.29 is 9.90 Å². The first kappa shape index (κ1) is 14.9. The molecule has 2 N–H and O–H groups in total. The minimum absolute atomic E-state index is 0.0493. The highest BCUT2D eigenvalue weighted by Crippen LogP contribution is 2.20. The fourth-order valence-electron chi connectivity index (χ4n) is 2.72. The van der Waals surface area contributed by atoms with E-state index in [4.69, 9.17) is 0 Å². The van der Waals surface area contributed by atoms with E-state index in [9.17, 15) is 9.90 Å². The maximum absolute atomic E-state index is 12.3. The van der Waals surface area contributed by atoms with Crippen LogP contribution in [0, 0.1) is 5.92 Å². The van der Waals surface area contributed by atoms with E-state index in [1.165, 1.54) is 5.56 Å². The molecule has 1 aliphatic rings. The number of aliphatic hydroxyl groups excluding tert-OH is 1. The van der Waals surface area contributed by atoms with Crippen LogP contribution in [0.5, 0.6) is 0 Å². The lowest BCUT2D eigenvalue weighted by atomic mass is 9.99. The Morgan fingerprint density at radius 1 is 1.45 bits per heavy atom. The molecule has 1 fully saturated rings. The molecule has 110 valence electrons. The van der Waals surface area contributed by atoms with Crippen LogP contribution < -0.4 is 5.32 Å². The standard InChI is InChI=1S/C16H24N2O2/c1-2-6-14-8-3-4-9-15(14)17-16(20)18-10-5-7-13(11-18)12-19/h3-4,8-9,13,19H,2,5-7,10-12H2,1H3,(H,17,20)/t13-/m0/s1. The fraction of sp³-hybridized carbons (Fsp3) is 0.562. The third-order valence-electron chi connectivity index (χ3n) is 3.84. The Morgan fingerprint density at radius 3 is 3.00 bits per heavy atom. The number of urea groups is 1. The molecule has 0 saturated carbocycles. The highest BCUT2D eigenvalue weighted by atomic mass is 16.3. The van der Waals surface area contributed by atoms with Crippen LogP contribution in [-0.4, -0.2) is 35.7 Å². The molecule has 0 unspecified atom stereocenters. The van der Waals surface area contributed by atoms with E-state index >= 15 is 0 Å². The van der Waals surface area contributed by atoms with Gasteiger partial charge in [-0.1, -0.05) is 31.5 Å². The summed E-state index contributed by atoms with van der Waals surface area (Å²) in [6.45, 7) is 3.72. The first-order valence-corrected chi connectivity index (χ1v) is 7.49. The molecular formula is C16H24N2O2. The first-order valence-electron chi connectivity index (χ1n) is 7.49. The molecule has 20 heavy (non-hydrogen) atoms. The summed E-state index contributed by atoms with van der Waals surface area (Å²) >= 11 is 0. The number of carbonyl (C=O) groups is 1. The van der Waals surface area contributed by atoms with Gasteiger partial charge in [0.25, 0.3) is 0 Å². The van der Waals surface area contributed by atoms with Crippen molar-refractivity contribution in [1.29, 1.82) is 0 Å². The number of piperidine rings is 1. The number of nitrogens with zero attached hydrogens (tertiary/aromatic N) is 1. The summed E-state index contributed by atoms with van der Waals surface area (Å²) in [4.78, 5) is 14.1. The summed E-state index contributed by atoms with van der Waals surface area (Å²) in [7, 11) is 0. The molecule has 2 amide bonds. The molecule has 0 radical (unpaired) electrons. The second kappa shape index (κ2) is 7.29. The number of hydrogen-bond acceptors (Lipinski definition) is 2. The Balaban J connectivity index is 2.00. The number of nitrogens with one attached hydrogen (secondary N) is 1. The number of carbonyl (C=O) groups excluding carboxylic acids is 1. The van der Waals surface area contributed by atoms with Gasteiger partial charge in [-0.15, -0.1) is 0 Å². The molecule has 1 saturated heterocycles. The van der Waals surface area contributed by atoms with Crippen molar-refractivity contribution in [1.82, 2.24) is 4.90 Å². The number of aryl methyl sites for hydroxylation is 1. The molecule has 1 atom stereocenters. The van der Waals surface area contributed by atoms with Crippen LogP contribution in [-0.2, 0) is 6.42 Å². The molecule has 0 aromatic heterocycles.